The van der Waals surface area contributed by atoms with Crippen LogP contribution in [0.4, 0.5) is 0 Å². The molecule has 40 heavy (non-hydrogen) atoms. The highest BCUT2D eigenvalue weighted by Crippen LogP contribution is 2.16. The third-order valence-corrected chi connectivity index (χ3v) is 8.06. The first-order valence-electron chi connectivity index (χ1n) is 17.3. The third-order valence-electron chi connectivity index (χ3n) is 8.06. The molecule has 0 spiro atoms. The van der Waals surface area contributed by atoms with Crippen molar-refractivity contribution >= 4 is 11.9 Å². The van der Waals surface area contributed by atoms with Gasteiger partial charge in [-0.1, -0.05) is 156 Å². The van der Waals surface area contributed by atoms with Gasteiger partial charge in [-0.05, 0) is 24.7 Å². The Morgan fingerprint density at radius 1 is 0.525 bits per heavy atom. The molecule has 0 aromatic carbocycles. The average Bonchev–Trinajstić information content (AvgIpc) is 2.93. The van der Waals surface area contributed by atoms with Gasteiger partial charge in [-0.2, -0.15) is 0 Å². The monoisotopic (exact) mass is 569 g/mol. The molecule has 0 saturated heterocycles. The highest BCUT2D eigenvalue weighted by molar-refractivity contribution is 5.69. The first-order valence-corrected chi connectivity index (χ1v) is 17.3. The lowest BCUT2D eigenvalue weighted by molar-refractivity contribution is -0.152. The first-order chi connectivity index (χ1) is 19.3. The lowest BCUT2D eigenvalue weighted by Crippen LogP contribution is -2.25. The minimum absolute atomic E-state index is 0.110. The molecule has 238 valence electrons. The van der Waals surface area contributed by atoms with Gasteiger partial charge < -0.3 is 14.6 Å². The van der Waals surface area contributed by atoms with Crippen LogP contribution < -0.4 is 0 Å². The van der Waals surface area contributed by atoms with Crippen molar-refractivity contribution in [3.63, 3.8) is 0 Å². The Hall–Kier alpha value is -1.10. The summed E-state index contributed by atoms with van der Waals surface area (Å²) in [5, 5.41) is 9.96. The molecule has 0 rings (SSSR count). The van der Waals surface area contributed by atoms with Crippen molar-refractivity contribution in [2.75, 3.05) is 13.2 Å². The van der Waals surface area contributed by atoms with E-state index in [-0.39, 0.29) is 25.2 Å². The van der Waals surface area contributed by atoms with Crippen LogP contribution in [0.15, 0.2) is 0 Å². The van der Waals surface area contributed by atoms with E-state index in [1.54, 1.807) is 0 Å². The molecule has 0 amide bonds. The predicted molar refractivity (Wildman–Crippen MR) is 168 cm³/mol. The average molecular weight is 569 g/mol. The summed E-state index contributed by atoms with van der Waals surface area (Å²) in [6.45, 7) is 8.98. The Morgan fingerprint density at radius 2 is 0.850 bits per heavy atom. The van der Waals surface area contributed by atoms with Gasteiger partial charge in [-0.15, -0.1) is 0 Å². The molecule has 0 saturated carbocycles. The molecular weight excluding hydrogens is 500 g/mol. The van der Waals surface area contributed by atoms with E-state index in [0.29, 0.717) is 12.8 Å². The van der Waals surface area contributed by atoms with Crippen molar-refractivity contribution in [1.82, 2.24) is 0 Å². The molecule has 0 aliphatic carbocycles. The lowest BCUT2D eigenvalue weighted by atomic mass is 9.99. The number of hydrogen-bond donors (Lipinski definition) is 1. The maximum atomic E-state index is 11.9. The Kier molecular flexibility index (Phi) is 28.6. The first kappa shape index (κ1) is 38.9. The van der Waals surface area contributed by atoms with Crippen LogP contribution in [0.25, 0.3) is 0 Å². The van der Waals surface area contributed by atoms with Gasteiger partial charge in [0, 0.05) is 12.8 Å². The highest BCUT2D eigenvalue weighted by Gasteiger charge is 2.12. The van der Waals surface area contributed by atoms with E-state index in [1.807, 2.05) is 0 Å². The van der Waals surface area contributed by atoms with Crippen molar-refractivity contribution in [3.8, 4) is 0 Å². The van der Waals surface area contributed by atoms with E-state index < -0.39 is 6.10 Å². The summed E-state index contributed by atoms with van der Waals surface area (Å²) < 4.78 is 10.3. The van der Waals surface area contributed by atoms with E-state index in [2.05, 4.69) is 27.7 Å². The van der Waals surface area contributed by atoms with Crippen LogP contribution in [0.2, 0.25) is 0 Å². The lowest BCUT2D eigenvalue weighted by Gasteiger charge is -2.12. The molecule has 0 aromatic rings. The minimum atomic E-state index is -0.955. The molecule has 0 heterocycles. The molecule has 2 atom stereocenters. The molecule has 0 aliphatic rings. The van der Waals surface area contributed by atoms with E-state index in [4.69, 9.17) is 9.47 Å². The SMILES string of the molecule is CCC(C)CCCCCCCCCCC(=O)OC[C@@H](O)COC(=O)CCCCCCCCCCCCCC(C)C. The molecule has 1 N–H and O–H groups in total. The largest absolute Gasteiger partial charge is 0.463 e. The van der Waals surface area contributed by atoms with Crippen LogP contribution in [0.5, 0.6) is 0 Å². The van der Waals surface area contributed by atoms with Crippen molar-refractivity contribution in [2.24, 2.45) is 11.8 Å². The minimum Gasteiger partial charge on any atom is -0.463 e. The number of rotatable bonds is 30. The molecule has 0 aromatic heterocycles. The summed E-state index contributed by atoms with van der Waals surface area (Å²) in [5.41, 5.74) is 0. The summed E-state index contributed by atoms with van der Waals surface area (Å²) in [6.07, 6.45) is 27.2. The van der Waals surface area contributed by atoms with Gasteiger partial charge >= 0.3 is 11.9 Å². The fourth-order valence-electron chi connectivity index (χ4n) is 5.01. The summed E-state index contributed by atoms with van der Waals surface area (Å²) in [7, 11) is 0. The molecule has 0 bridgehead atoms. The molecule has 1 unspecified atom stereocenters. The molecule has 0 aliphatic heterocycles. The van der Waals surface area contributed by atoms with E-state index in [9.17, 15) is 14.7 Å². The number of aliphatic hydroxyl groups excluding tert-OH is 1. The van der Waals surface area contributed by atoms with Gasteiger partial charge in [-0.3, -0.25) is 9.59 Å². The van der Waals surface area contributed by atoms with Gasteiger partial charge in [-0.25, -0.2) is 0 Å². The van der Waals surface area contributed by atoms with E-state index in [1.165, 1.54) is 109 Å². The van der Waals surface area contributed by atoms with Crippen molar-refractivity contribution in [1.29, 1.82) is 0 Å². The molecule has 0 fully saturated rings. The van der Waals surface area contributed by atoms with Crippen LogP contribution in [-0.2, 0) is 19.1 Å². The molecular formula is C35H68O5. The molecule has 0 radical (unpaired) electrons. The van der Waals surface area contributed by atoms with Gasteiger partial charge in [0.15, 0.2) is 0 Å². The van der Waals surface area contributed by atoms with E-state index >= 15 is 0 Å². The van der Waals surface area contributed by atoms with Crippen LogP contribution in [-0.4, -0.2) is 36.4 Å². The smallest absolute Gasteiger partial charge is 0.305 e. The summed E-state index contributed by atoms with van der Waals surface area (Å²) >= 11 is 0. The normalized spacial score (nSPS) is 12.9. The van der Waals surface area contributed by atoms with Crippen molar-refractivity contribution < 1.29 is 24.2 Å². The summed E-state index contributed by atoms with van der Waals surface area (Å²) in [5.74, 6) is 1.14. The Balaban J connectivity index is 3.43. The second kappa shape index (κ2) is 29.4. The zero-order chi connectivity index (χ0) is 29.7. The zero-order valence-corrected chi connectivity index (χ0v) is 27.2. The van der Waals surface area contributed by atoms with Crippen LogP contribution in [0.3, 0.4) is 0 Å². The quantitative estimate of drug-likeness (QED) is 0.0689. The van der Waals surface area contributed by atoms with Gasteiger partial charge in [0.05, 0.1) is 0 Å². The fraction of sp³-hybridized carbons (Fsp3) is 0.943. The predicted octanol–water partition coefficient (Wildman–Crippen LogP) is 10.1. The number of unbranched alkanes of at least 4 members (excludes halogenated alkanes) is 17. The Bertz CT molecular complexity index is 562. The van der Waals surface area contributed by atoms with Crippen molar-refractivity contribution in [2.45, 2.75) is 188 Å². The maximum absolute atomic E-state index is 11.9. The zero-order valence-electron chi connectivity index (χ0n) is 27.2. The van der Waals surface area contributed by atoms with Gasteiger partial charge in [0.2, 0.25) is 0 Å². The summed E-state index contributed by atoms with van der Waals surface area (Å²) in [4.78, 5) is 23.8. The number of esters is 2. The highest BCUT2D eigenvalue weighted by atomic mass is 16.6. The van der Waals surface area contributed by atoms with Gasteiger partial charge in [0.25, 0.3) is 0 Å². The topological polar surface area (TPSA) is 72.8 Å². The molecule has 5 nitrogen and oxygen atoms in total. The van der Waals surface area contributed by atoms with Crippen LogP contribution in [0, 0.1) is 11.8 Å². The third kappa shape index (κ3) is 29.9. The molecule has 5 heteroatoms. The number of carbonyl (C=O) groups excluding carboxylic acids is 2. The van der Waals surface area contributed by atoms with Gasteiger partial charge in [0.1, 0.15) is 19.3 Å². The second-order valence-electron chi connectivity index (χ2n) is 12.7. The van der Waals surface area contributed by atoms with Crippen LogP contribution >= 0.6 is 0 Å². The van der Waals surface area contributed by atoms with Crippen LogP contribution in [0.1, 0.15) is 182 Å². The van der Waals surface area contributed by atoms with E-state index in [0.717, 1.165) is 43.9 Å². The Labute approximate surface area is 248 Å². The van der Waals surface area contributed by atoms with Crippen molar-refractivity contribution in [3.05, 3.63) is 0 Å². The number of carbonyl (C=O) groups is 2. The number of ether oxygens (including phenoxy) is 2. The Morgan fingerprint density at radius 3 is 1.20 bits per heavy atom. The number of hydrogen-bond acceptors (Lipinski definition) is 5. The fourth-order valence-corrected chi connectivity index (χ4v) is 5.01. The summed E-state index contributed by atoms with van der Waals surface area (Å²) in [6, 6.07) is 0. The maximum Gasteiger partial charge on any atom is 0.305 e. The standard InChI is InChI=1S/C35H68O5/c1-5-32(4)26-22-18-14-11-12-16-20-24-28-35(38)40-30-33(36)29-39-34(37)27-23-19-15-10-8-6-7-9-13-17-21-25-31(2)3/h31-33,36H,5-30H2,1-4H3/t32?,33-/m0/s1. The second-order valence-corrected chi connectivity index (χ2v) is 12.7. The number of aliphatic hydroxyl groups is 1.